The molecule has 7 heteroatoms. The number of benzene rings is 1. The molecule has 32 heavy (non-hydrogen) atoms. The standard InChI is InChI=1S/C25H39N3O4/c1-19-16-28(24(30)32-25(3,4)5)20(2)15-27(19)17-21-11-13-26(14-12-21)23(29)31-18-22-9-7-6-8-10-22/h6-10,19-21H,11-18H2,1-5H3/t19-,20+/m1/s1. The lowest BCUT2D eigenvalue weighted by Crippen LogP contribution is -2.59. The van der Waals surface area contributed by atoms with Gasteiger partial charge in [-0.3, -0.25) is 4.90 Å². The second kappa shape index (κ2) is 10.6. The maximum atomic E-state index is 12.5. The molecule has 0 aliphatic carbocycles. The number of piperidine rings is 1. The zero-order chi connectivity index (χ0) is 23.3. The molecular weight excluding hydrogens is 406 g/mol. The van der Waals surface area contributed by atoms with Crippen molar-refractivity contribution in [3.63, 3.8) is 0 Å². The molecule has 0 radical (unpaired) electrons. The first kappa shape index (κ1) is 24.4. The van der Waals surface area contributed by atoms with Crippen molar-refractivity contribution in [1.82, 2.24) is 14.7 Å². The van der Waals surface area contributed by atoms with Crippen LogP contribution in [0.5, 0.6) is 0 Å². The van der Waals surface area contributed by atoms with E-state index < -0.39 is 5.60 Å². The highest BCUT2D eigenvalue weighted by molar-refractivity contribution is 5.69. The highest BCUT2D eigenvalue weighted by Crippen LogP contribution is 2.24. The molecule has 0 N–H and O–H groups in total. The Morgan fingerprint density at radius 2 is 1.62 bits per heavy atom. The molecule has 1 aromatic carbocycles. The number of amides is 2. The number of ether oxygens (including phenoxy) is 2. The summed E-state index contributed by atoms with van der Waals surface area (Å²) < 4.78 is 11.1. The van der Waals surface area contributed by atoms with E-state index in [-0.39, 0.29) is 24.3 Å². The Hall–Kier alpha value is -2.28. The first-order valence-electron chi connectivity index (χ1n) is 11.8. The Labute approximate surface area is 192 Å². The summed E-state index contributed by atoms with van der Waals surface area (Å²) in [6.07, 6.45) is 1.51. The number of hydrogen-bond donors (Lipinski definition) is 0. The summed E-state index contributed by atoms with van der Waals surface area (Å²) in [7, 11) is 0. The van der Waals surface area contributed by atoms with E-state index >= 15 is 0 Å². The van der Waals surface area contributed by atoms with Crippen molar-refractivity contribution in [2.24, 2.45) is 5.92 Å². The summed E-state index contributed by atoms with van der Waals surface area (Å²) in [5.41, 5.74) is 0.525. The second-order valence-corrected chi connectivity index (χ2v) is 10.3. The highest BCUT2D eigenvalue weighted by Gasteiger charge is 2.36. The molecule has 0 saturated carbocycles. The fourth-order valence-electron chi connectivity index (χ4n) is 4.47. The average Bonchev–Trinajstić information content (AvgIpc) is 2.74. The van der Waals surface area contributed by atoms with Crippen LogP contribution in [0.15, 0.2) is 30.3 Å². The fourth-order valence-corrected chi connectivity index (χ4v) is 4.47. The monoisotopic (exact) mass is 445 g/mol. The van der Waals surface area contributed by atoms with Gasteiger partial charge in [0.25, 0.3) is 0 Å². The molecule has 2 aliphatic rings. The molecule has 3 rings (SSSR count). The SMILES string of the molecule is C[C@@H]1CN(C(=O)OC(C)(C)C)[C@@H](C)CN1CC1CCN(C(=O)OCc2ccccc2)CC1. The van der Waals surface area contributed by atoms with Crippen molar-refractivity contribution >= 4 is 12.2 Å². The van der Waals surface area contributed by atoms with Gasteiger partial charge in [0.15, 0.2) is 0 Å². The number of carbonyl (C=O) groups excluding carboxylic acids is 2. The molecule has 2 aliphatic heterocycles. The van der Waals surface area contributed by atoms with Gasteiger partial charge in [0.2, 0.25) is 0 Å². The quantitative estimate of drug-likeness (QED) is 0.689. The Kier molecular flexibility index (Phi) is 8.04. The molecule has 2 saturated heterocycles. The van der Waals surface area contributed by atoms with Crippen LogP contribution in [-0.4, -0.2) is 77.3 Å². The van der Waals surface area contributed by atoms with E-state index in [1.807, 2.05) is 60.9 Å². The van der Waals surface area contributed by atoms with Crippen molar-refractivity contribution < 1.29 is 19.1 Å². The van der Waals surface area contributed by atoms with Crippen LogP contribution in [0, 0.1) is 5.92 Å². The van der Waals surface area contributed by atoms with Crippen molar-refractivity contribution in [2.75, 3.05) is 32.7 Å². The predicted molar refractivity (Wildman–Crippen MR) is 124 cm³/mol. The summed E-state index contributed by atoms with van der Waals surface area (Å²) >= 11 is 0. The van der Waals surface area contributed by atoms with Gasteiger partial charge in [0.1, 0.15) is 12.2 Å². The van der Waals surface area contributed by atoms with Crippen LogP contribution in [0.2, 0.25) is 0 Å². The van der Waals surface area contributed by atoms with Crippen LogP contribution >= 0.6 is 0 Å². The van der Waals surface area contributed by atoms with Crippen molar-refractivity contribution in [3.8, 4) is 0 Å². The number of hydrogen-bond acceptors (Lipinski definition) is 5. The Morgan fingerprint density at radius 3 is 2.25 bits per heavy atom. The molecule has 0 spiro atoms. The molecule has 2 atom stereocenters. The fraction of sp³-hybridized carbons (Fsp3) is 0.680. The van der Waals surface area contributed by atoms with Crippen LogP contribution in [0.4, 0.5) is 9.59 Å². The van der Waals surface area contributed by atoms with Crippen LogP contribution in [0.3, 0.4) is 0 Å². The van der Waals surface area contributed by atoms with E-state index in [9.17, 15) is 9.59 Å². The van der Waals surface area contributed by atoms with E-state index in [1.165, 1.54) is 0 Å². The van der Waals surface area contributed by atoms with E-state index in [4.69, 9.17) is 9.47 Å². The minimum absolute atomic E-state index is 0.120. The van der Waals surface area contributed by atoms with Gasteiger partial charge in [0.05, 0.1) is 0 Å². The third-order valence-electron chi connectivity index (χ3n) is 6.31. The van der Waals surface area contributed by atoms with Gasteiger partial charge in [-0.1, -0.05) is 30.3 Å². The maximum absolute atomic E-state index is 12.5. The molecule has 0 bridgehead atoms. The Bertz CT molecular complexity index is 756. The second-order valence-electron chi connectivity index (χ2n) is 10.3. The van der Waals surface area contributed by atoms with E-state index in [0.29, 0.717) is 19.1 Å². The zero-order valence-electron chi connectivity index (χ0n) is 20.3. The number of carbonyl (C=O) groups is 2. The maximum Gasteiger partial charge on any atom is 0.410 e. The van der Waals surface area contributed by atoms with Gasteiger partial charge in [-0.2, -0.15) is 0 Å². The summed E-state index contributed by atoms with van der Waals surface area (Å²) in [5, 5.41) is 0. The lowest BCUT2D eigenvalue weighted by atomic mass is 9.95. The average molecular weight is 446 g/mol. The molecule has 2 amide bonds. The van der Waals surface area contributed by atoms with Gasteiger partial charge in [-0.05, 0) is 58.9 Å². The summed E-state index contributed by atoms with van der Waals surface area (Å²) in [6.45, 7) is 14.3. The van der Waals surface area contributed by atoms with Crippen LogP contribution in [0.25, 0.3) is 0 Å². The highest BCUT2D eigenvalue weighted by atomic mass is 16.6. The topological polar surface area (TPSA) is 62.3 Å². The van der Waals surface area contributed by atoms with E-state index in [1.54, 1.807) is 0 Å². The lowest BCUT2D eigenvalue weighted by molar-refractivity contribution is -0.0147. The number of likely N-dealkylation sites (tertiary alicyclic amines) is 1. The molecule has 0 aromatic heterocycles. The molecular formula is C25H39N3O4. The summed E-state index contributed by atoms with van der Waals surface area (Å²) in [6, 6.07) is 10.2. The smallest absolute Gasteiger partial charge is 0.410 e. The minimum atomic E-state index is -0.479. The van der Waals surface area contributed by atoms with Crippen molar-refractivity contribution in [1.29, 1.82) is 0 Å². The predicted octanol–water partition coefficient (Wildman–Crippen LogP) is 4.36. The molecule has 2 fully saturated rings. The van der Waals surface area contributed by atoms with Gasteiger partial charge in [0, 0.05) is 44.8 Å². The molecule has 7 nitrogen and oxygen atoms in total. The normalized spacial score (nSPS) is 23.2. The first-order chi connectivity index (χ1) is 15.1. The minimum Gasteiger partial charge on any atom is -0.445 e. The van der Waals surface area contributed by atoms with E-state index in [0.717, 1.165) is 44.6 Å². The lowest BCUT2D eigenvalue weighted by Gasteiger charge is -2.45. The van der Waals surface area contributed by atoms with Gasteiger partial charge >= 0.3 is 12.2 Å². The van der Waals surface area contributed by atoms with Gasteiger partial charge in [-0.25, -0.2) is 9.59 Å². The van der Waals surface area contributed by atoms with Crippen LogP contribution < -0.4 is 0 Å². The Balaban J connectivity index is 1.42. The van der Waals surface area contributed by atoms with Gasteiger partial charge in [-0.15, -0.1) is 0 Å². The largest absolute Gasteiger partial charge is 0.445 e. The number of piperazine rings is 1. The van der Waals surface area contributed by atoms with Crippen LogP contribution in [0.1, 0.15) is 53.0 Å². The molecule has 2 heterocycles. The molecule has 178 valence electrons. The van der Waals surface area contributed by atoms with E-state index in [2.05, 4.69) is 18.7 Å². The number of nitrogens with zero attached hydrogens (tertiary/aromatic N) is 3. The third-order valence-corrected chi connectivity index (χ3v) is 6.31. The van der Waals surface area contributed by atoms with Gasteiger partial charge < -0.3 is 19.3 Å². The Morgan fingerprint density at radius 1 is 0.969 bits per heavy atom. The first-order valence-corrected chi connectivity index (χ1v) is 11.8. The van der Waals surface area contributed by atoms with Crippen molar-refractivity contribution in [2.45, 2.75) is 71.8 Å². The zero-order valence-corrected chi connectivity index (χ0v) is 20.3. The third kappa shape index (κ3) is 6.86. The molecule has 0 unspecified atom stereocenters. The summed E-state index contributed by atoms with van der Waals surface area (Å²) in [4.78, 5) is 31.1. The summed E-state index contributed by atoms with van der Waals surface area (Å²) in [5.74, 6) is 0.552. The van der Waals surface area contributed by atoms with Crippen molar-refractivity contribution in [3.05, 3.63) is 35.9 Å². The molecule has 1 aromatic rings. The van der Waals surface area contributed by atoms with Crippen LogP contribution in [-0.2, 0) is 16.1 Å². The number of rotatable bonds is 4.